The largest absolute Gasteiger partial charge is 0.353 e. The summed E-state index contributed by atoms with van der Waals surface area (Å²) < 4.78 is 0. The third-order valence-electron chi connectivity index (χ3n) is 4.30. The van der Waals surface area contributed by atoms with Crippen LogP contribution < -0.4 is 10.6 Å². The van der Waals surface area contributed by atoms with E-state index in [1.807, 2.05) is 25.1 Å². The van der Waals surface area contributed by atoms with Gasteiger partial charge in [-0.25, -0.2) is 0 Å². The molecule has 0 unspecified atom stereocenters. The highest BCUT2D eigenvalue weighted by molar-refractivity contribution is 5.94. The van der Waals surface area contributed by atoms with Crippen LogP contribution in [0, 0.1) is 12.8 Å². The lowest BCUT2D eigenvalue weighted by Crippen LogP contribution is -2.39. The minimum atomic E-state index is -0.122. The molecule has 1 aliphatic rings. The summed E-state index contributed by atoms with van der Waals surface area (Å²) in [5.41, 5.74) is 1.69. The molecule has 0 bridgehead atoms. The predicted octanol–water partition coefficient (Wildman–Crippen LogP) is 2.81. The Labute approximate surface area is 132 Å². The summed E-state index contributed by atoms with van der Waals surface area (Å²) >= 11 is 0. The van der Waals surface area contributed by atoms with Gasteiger partial charge < -0.3 is 10.6 Å². The van der Waals surface area contributed by atoms with Crippen LogP contribution in [0.3, 0.4) is 0 Å². The number of hydrogen-bond donors (Lipinski definition) is 2. The second-order valence-corrected chi connectivity index (χ2v) is 6.40. The zero-order valence-corrected chi connectivity index (χ0v) is 13.5. The molecule has 4 nitrogen and oxygen atoms in total. The Bertz CT molecular complexity index is 520. The number of nitrogens with one attached hydrogen (secondary N) is 2. The van der Waals surface area contributed by atoms with Crippen LogP contribution in [-0.4, -0.2) is 24.4 Å². The molecule has 1 aliphatic carbocycles. The maximum absolute atomic E-state index is 12.0. The predicted molar refractivity (Wildman–Crippen MR) is 87.7 cm³/mol. The highest BCUT2D eigenvalue weighted by Crippen LogP contribution is 2.23. The van der Waals surface area contributed by atoms with Crippen LogP contribution in [-0.2, 0) is 4.79 Å². The molecule has 0 atom stereocenters. The average molecular weight is 302 g/mol. The Morgan fingerprint density at radius 2 is 1.91 bits per heavy atom. The van der Waals surface area contributed by atoms with Crippen molar-refractivity contribution in [3.8, 4) is 0 Å². The van der Waals surface area contributed by atoms with Crippen molar-refractivity contribution >= 4 is 11.8 Å². The highest BCUT2D eigenvalue weighted by Gasteiger charge is 2.19. The van der Waals surface area contributed by atoms with Crippen molar-refractivity contribution < 1.29 is 9.59 Å². The SMILES string of the molecule is Cc1cccc(C(=O)NCCC(=O)NC2CCC(C)CC2)c1. The first kappa shape index (κ1) is 16.5. The van der Waals surface area contributed by atoms with E-state index in [1.165, 1.54) is 12.8 Å². The van der Waals surface area contributed by atoms with E-state index in [0.717, 1.165) is 24.3 Å². The number of carbonyl (C=O) groups excluding carboxylic acids is 2. The number of amides is 2. The lowest BCUT2D eigenvalue weighted by atomic mass is 9.87. The lowest BCUT2D eigenvalue weighted by molar-refractivity contribution is -0.121. The average Bonchev–Trinajstić information content (AvgIpc) is 2.49. The first-order valence-electron chi connectivity index (χ1n) is 8.19. The van der Waals surface area contributed by atoms with E-state index in [2.05, 4.69) is 17.6 Å². The molecule has 120 valence electrons. The first-order chi connectivity index (χ1) is 10.5. The molecule has 0 spiro atoms. The third-order valence-corrected chi connectivity index (χ3v) is 4.30. The molecular formula is C18H26N2O2. The maximum Gasteiger partial charge on any atom is 0.251 e. The molecule has 0 heterocycles. The second-order valence-electron chi connectivity index (χ2n) is 6.40. The molecule has 1 fully saturated rings. The second kappa shape index (κ2) is 7.97. The molecule has 0 saturated heterocycles. The van der Waals surface area contributed by atoms with Gasteiger partial charge in [0, 0.05) is 24.6 Å². The van der Waals surface area contributed by atoms with Crippen molar-refractivity contribution in [3.63, 3.8) is 0 Å². The quantitative estimate of drug-likeness (QED) is 0.878. The fraction of sp³-hybridized carbons (Fsp3) is 0.556. The molecule has 4 heteroatoms. The van der Waals surface area contributed by atoms with Crippen molar-refractivity contribution in [3.05, 3.63) is 35.4 Å². The summed E-state index contributed by atoms with van der Waals surface area (Å²) in [5.74, 6) is 0.689. The van der Waals surface area contributed by atoms with E-state index < -0.39 is 0 Å². The van der Waals surface area contributed by atoms with Gasteiger partial charge in [-0.05, 0) is 50.7 Å². The van der Waals surface area contributed by atoms with Gasteiger partial charge in [0.2, 0.25) is 5.91 Å². The summed E-state index contributed by atoms with van der Waals surface area (Å²) in [6.07, 6.45) is 4.86. The number of benzene rings is 1. The van der Waals surface area contributed by atoms with Gasteiger partial charge in [0.15, 0.2) is 0 Å². The summed E-state index contributed by atoms with van der Waals surface area (Å²) in [4.78, 5) is 23.9. The van der Waals surface area contributed by atoms with E-state index in [4.69, 9.17) is 0 Å². The molecule has 0 aromatic heterocycles. The first-order valence-corrected chi connectivity index (χ1v) is 8.19. The van der Waals surface area contributed by atoms with E-state index in [-0.39, 0.29) is 11.8 Å². The highest BCUT2D eigenvalue weighted by atomic mass is 16.2. The van der Waals surface area contributed by atoms with Crippen molar-refractivity contribution in [1.29, 1.82) is 0 Å². The van der Waals surface area contributed by atoms with Gasteiger partial charge in [0.25, 0.3) is 5.91 Å². The van der Waals surface area contributed by atoms with E-state index >= 15 is 0 Å². The van der Waals surface area contributed by atoms with Crippen LogP contribution in [0.2, 0.25) is 0 Å². The van der Waals surface area contributed by atoms with Crippen LogP contribution in [0.15, 0.2) is 24.3 Å². The zero-order chi connectivity index (χ0) is 15.9. The Morgan fingerprint density at radius 1 is 1.18 bits per heavy atom. The molecule has 2 N–H and O–H groups in total. The number of carbonyl (C=O) groups is 2. The van der Waals surface area contributed by atoms with Gasteiger partial charge in [-0.2, -0.15) is 0 Å². The molecule has 1 saturated carbocycles. The van der Waals surface area contributed by atoms with Crippen molar-refractivity contribution in [2.75, 3.05) is 6.54 Å². The molecule has 22 heavy (non-hydrogen) atoms. The lowest BCUT2D eigenvalue weighted by Gasteiger charge is -2.26. The molecule has 0 aliphatic heterocycles. The van der Waals surface area contributed by atoms with Gasteiger partial charge in [0.1, 0.15) is 0 Å². The van der Waals surface area contributed by atoms with E-state index in [0.29, 0.717) is 24.6 Å². The molecule has 0 radical (unpaired) electrons. The van der Waals surface area contributed by atoms with Gasteiger partial charge in [-0.3, -0.25) is 9.59 Å². The van der Waals surface area contributed by atoms with Crippen LogP contribution >= 0.6 is 0 Å². The van der Waals surface area contributed by atoms with Gasteiger partial charge >= 0.3 is 0 Å². The Kier molecular flexibility index (Phi) is 5.99. The van der Waals surface area contributed by atoms with Crippen LogP contribution in [0.1, 0.15) is 54.9 Å². The fourth-order valence-corrected chi connectivity index (χ4v) is 2.88. The Balaban J connectivity index is 1.67. The maximum atomic E-state index is 12.0. The van der Waals surface area contributed by atoms with Crippen LogP contribution in [0.5, 0.6) is 0 Å². The van der Waals surface area contributed by atoms with Crippen molar-refractivity contribution in [2.24, 2.45) is 5.92 Å². The molecular weight excluding hydrogens is 276 g/mol. The smallest absolute Gasteiger partial charge is 0.251 e. The normalized spacial score (nSPS) is 21.2. The standard InChI is InChI=1S/C18H26N2O2/c1-13-6-8-16(9-7-13)20-17(21)10-11-19-18(22)15-5-3-4-14(2)12-15/h3-5,12-13,16H,6-11H2,1-2H3,(H,19,22)(H,20,21). The zero-order valence-electron chi connectivity index (χ0n) is 13.5. The minimum absolute atomic E-state index is 0.0316. The van der Waals surface area contributed by atoms with Crippen molar-refractivity contribution in [2.45, 2.75) is 52.0 Å². The minimum Gasteiger partial charge on any atom is -0.353 e. The Hall–Kier alpha value is -1.84. The number of hydrogen-bond acceptors (Lipinski definition) is 2. The summed E-state index contributed by atoms with van der Waals surface area (Å²) in [5, 5.41) is 5.87. The Morgan fingerprint density at radius 3 is 2.59 bits per heavy atom. The van der Waals surface area contributed by atoms with Crippen LogP contribution in [0.25, 0.3) is 0 Å². The summed E-state index contributed by atoms with van der Waals surface area (Å²) in [6.45, 7) is 4.59. The van der Waals surface area contributed by atoms with Crippen LogP contribution in [0.4, 0.5) is 0 Å². The third kappa shape index (κ3) is 5.17. The van der Waals surface area contributed by atoms with Gasteiger partial charge in [0.05, 0.1) is 0 Å². The van der Waals surface area contributed by atoms with E-state index in [1.54, 1.807) is 6.07 Å². The van der Waals surface area contributed by atoms with E-state index in [9.17, 15) is 9.59 Å². The molecule has 2 amide bonds. The molecule has 2 rings (SSSR count). The van der Waals surface area contributed by atoms with Crippen molar-refractivity contribution in [1.82, 2.24) is 10.6 Å². The fourth-order valence-electron chi connectivity index (χ4n) is 2.88. The number of rotatable bonds is 5. The van der Waals surface area contributed by atoms with Gasteiger partial charge in [-0.15, -0.1) is 0 Å². The van der Waals surface area contributed by atoms with Gasteiger partial charge in [-0.1, -0.05) is 24.6 Å². The molecule has 1 aromatic rings. The topological polar surface area (TPSA) is 58.2 Å². The number of aryl methyl sites for hydroxylation is 1. The summed E-state index contributed by atoms with van der Waals surface area (Å²) in [7, 11) is 0. The summed E-state index contributed by atoms with van der Waals surface area (Å²) in [6, 6.07) is 7.76. The molecule has 1 aromatic carbocycles. The monoisotopic (exact) mass is 302 g/mol.